The van der Waals surface area contributed by atoms with Gasteiger partial charge in [-0.15, -0.1) is 6.58 Å². The van der Waals surface area contributed by atoms with Gasteiger partial charge in [-0.25, -0.2) is 13.2 Å². The minimum Gasteiger partial charge on any atom is -0.460 e. The number of anilines is 1. The molecule has 1 fully saturated rings. The SMILES string of the molecule is C=CCOC12Oc3ccc(OC(=O)NCC)cc3C3C(CCCCO)C(CCCCO)C=C(C(=NOCc4ccccc4)CC1N(CCC)S(=O)(=O)c1ccc(NC(C)=O)cc1)C32. The summed E-state index contributed by atoms with van der Waals surface area (Å²) in [6, 6.07) is 20.0. The molecule has 3 aliphatic rings. The molecule has 0 saturated heterocycles. The van der Waals surface area contributed by atoms with Gasteiger partial charge in [-0.05, 0) is 104 Å². The van der Waals surface area contributed by atoms with E-state index < -0.39 is 33.9 Å². The van der Waals surface area contributed by atoms with E-state index in [2.05, 4.69) is 23.3 Å². The van der Waals surface area contributed by atoms with Gasteiger partial charge in [0.15, 0.2) is 0 Å². The van der Waals surface area contributed by atoms with Crippen LogP contribution in [-0.2, 0) is 31.0 Å². The molecule has 1 saturated carbocycles. The molecule has 4 N–H and O–H groups in total. The summed E-state index contributed by atoms with van der Waals surface area (Å²) in [4.78, 5) is 30.8. The maximum atomic E-state index is 15.2. The molecule has 1 aliphatic heterocycles. The van der Waals surface area contributed by atoms with Crippen LogP contribution in [0.4, 0.5) is 10.5 Å². The second-order valence-corrected chi connectivity index (χ2v) is 18.2. The molecule has 0 bridgehead atoms. The van der Waals surface area contributed by atoms with Gasteiger partial charge in [0, 0.05) is 56.8 Å². The van der Waals surface area contributed by atoms with Gasteiger partial charge in [0.1, 0.15) is 18.1 Å². The lowest BCUT2D eigenvalue weighted by Crippen LogP contribution is -2.70. The summed E-state index contributed by atoms with van der Waals surface area (Å²) < 4.78 is 51.9. The highest BCUT2D eigenvalue weighted by Gasteiger charge is 2.66. The predicted molar refractivity (Wildman–Crippen MR) is 241 cm³/mol. The van der Waals surface area contributed by atoms with Gasteiger partial charge in [-0.3, -0.25) is 4.79 Å². The van der Waals surface area contributed by atoms with E-state index in [1.165, 1.54) is 23.4 Å². The number of aliphatic hydroxyl groups is 2. The Kier molecular flexibility index (Phi) is 16.6. The van der Waals surface area contributed by atoms with Crippen LogP contribution in [0.15, 0.2) is 107 Å². The van der Waals surface area contributed by atoms with Crippen LogP contribution >= 0.6 is 0 Å². The number of allylic oxidation sites excluding steroid dienone is 1. The van der Waals surface area contributed by atoms with Gasteiger partial charge in [0.05, 0.1) is 29.2 Å². The Morgan fingerprint density at radius 1 is 1.00 bits per heavy atom. The molecule has 0 radical (unpaired) electrons. The van der Waals surface area contributed by atoms with Crippen molar-refractivity contribution in [1.29, 1.82) is 0 Å². The smallest absolute Gasteiger partial charge is 0.412 e. The van der Waals surface area contributed by atoms with Gasteiger partial charge >= 0.3 is 6.09 Å². The number of oxime groups is 1. The number of rotatable bonds is 22. The number of sulfonamides is 1. The number of benzene rings is 3. The van der Waals surface area contributed by atoms with E-state index in [1.54, 1.807) is 37.3 Å². The number of ether oxygens (including phenoxy) is 3. The van der Waals surface area contributed by atoms with E-state index in [0.29, 0.717) is 61.5 Å². The second-order valence-electron chi connectivity index (χ2n) is 16.3. The summed E-state index contributed by atoms with van der Waals surface area (Å²) in [5.74, 6) is -2.30. The Bertz CT molecular complexity index is 2200. The summed E-state index contributed by atoms with van der Waals surface area (Å²) in [7, 11) is -4.29. The Balaban J connectivity index is 1.61. The summed E-state index contributed by atoms with van der Waals surface area (Å²) in [6.07, 6.45) is 7.90. The molecule has 63 heavy (non-hydrogen) atoms. The molecular weight excluding hydrogens is 825 g/mol. The molecule has 6 rings (SSSR count). The third-order valence-corrected chi connectivity index (χ3v) is 13.9. The molecule has 3 aromatic carbocycles. The van der Waals surface area contributed by atoms with E-state index in [4.69, 9.17) is 24.2 Å². The third kappa shape index (κ3) is 10.8. The van der Waals surface area contributed by atoms with Crippen LogP contribution in [-0.4, -0.2) is 85.4 Å². The van der Waals surface area contributed by atoms with Crippen molar-refractivity contribution in [3.63, 3.8) is 0 Å². The lowest BCUT2D eigenvalue weighted by Gasteiger charge is -2.59. The van der Waals surface area contributed by atoms with Gasteiger partial charge in [0.25, 0.3) is 0 Å². The van der Waals surface area contributed by atoms with Gasteiger partial charge in [-0.1, -0.05) is 67.4 Å². The highest BCUT2D eigenvalue weighted by molar-refractivity contribution is 7.89. The number of hydrogen-bond acceptors (Lipinski definition) is 11. The fourth-order valence-electron chi connectivity index (χ4n) is 9.45. The molecule has 6 atom stereocenters. The first-order valence-electron chi connectivity index (χ1n) is 22.1. The van der Waals surface area contributed by atoms with Gasteiger partial charge < -0.3 is 39.9 Å². The number of unbranched alkanes of at least 4 members (excludes halogenated alkanes) is 2. The van der Waals surface area contributed by atoms with Gasteiger partial charge in [0.2, 0.25) is 21.7 Å². The van der Waals surface area contributed by atoms with E-state index in [0.717, 1.165) is 29.5 Å². The Morgan fingerprint density at radius 3 is 2.40 bits per heavy atom. The number of amides is 2. The molecule has 15 heteroatoms. The topological polar surface area (TPSA) is 185 Å². The third-order valence-electron chi connectivity index (χ3n) is 12.0. The summed E-state index contributed by atoms with van der Waals surface area (Å²) in [5, 5.41) is 30.1. The van der Waals surface area contributed by atoms with E-state index in [1.807, 2.05) is 43.3 Å². The summed E-state index contributed by atoms with van der Waals surface area (Å²) in [6.45, 7) is 9.86. The lowest BCUT2D eigenvalue weighted by atomic mass is 9.55. The molecule has 0 aromatic heterocycles. The standard InChI is InChI=1S/C48H62N4O10S/c1-5-25-52(63(57,58)38-22-19-36(20-23-38)50-33(4)55)44-31-42(51-60-32-34-15-9-8-10-16-34)40-29-35(17-11-13-26-53)39(18-12-14-27-54)45-41-30-37(61-47(56)49-7-3)21-24-43(41)62-48(44,46(40)45)59-28-6-2/h6,8-10,15-16,19-24,29-30,35,39,44-46,53-54H,2,5,7,11-14,17-18,25-28,31-32H2,1,3-4H3,(H,49,56)(H,50,55). The van der Waals surface area contributed by atoms with Crippen molar-refractivity contribution in [3.05, 3.63) is 108 Å². The summed E-state index contributed by atoms with van der Waals surface area (Å²) >= 11 is 0. The second kappa shape index (κ2) is 22.0. The van der Waals surface area contributed by atoms with Crippen molar-refractivity contribution in [1.82, 2.24) is 9.62 Å². The molecule has 2 aliphatic carbocycles. The first-order chi connectivity index (χ1) is 30.5. The molecule has 3 aromatic rings. The van der Waals surface area contributed by atoms with Crippen molar-refractivity contribution in [2.75, 3.05) is 38.2 Å². The molecule has 2 amide bonds. The quantitative estimate of drug-likeness (QED) is 0.0443. The number of fused-ring (bicyclic) bond motifs is 2. The highest BCUT2D eigenvalue weighted by Crippen LogP contribution is 2.62. The fraction of sp³-hybridized carbons (Fsp3) is 0.479. The first-order valence-corrected chi connectivity index (χ1v) is 23.5. The van der Waals surface area contributed by atoms with E-state index >= 15 is 8.42 Å². The fourth-order valence-corrected chi connectivity index (χ4v) is 11.2. The number of carbonyl (C=O) groups is 2. The number of nitrogens with one attached hydrogen (secondary N) is 2. The maximum absolute atomic E-state index is 15.2. The van der Waals surface area contributed by atoms with Crippen LogP contribution in [0.5, 0.6) is 11.5 Å². The number of aliphatic hydroxyl groups excluding tert-OH is 2. The number of nitrogens with zero attached hydrogens (tertiary/aromatic N) is 2. The normalized spacial score (nSPS) is 23.2. The van der Waals surface area contributed by atoms with Crippen molar-refractivity contribution in [3.8, 4) is 11.5 Å². The van der Waals surface area contributed by atoms with Crippen LogP contribution in [0.3, 0.4) is 0 Å². The first kappa shape index (κ1) is 47.4. The monoisotopic (exact) mass is 886 g/mol. The van der Waals surface area contributed by atoms with Crippen LogP contribution in [0, 0.1) is 17.8 Å². The minimum absolute atomic E-state index is 0.0260. The van der Waals surface area contributed by atoms with Crippen LogP contribution in [0.2, 0.25) is 0 Å². The lowest BCUT2D eigenvalue weighted by molar-refractivity contribution is -0.251. The Morgan fingerprint density at radius 2 is 1.73 bits per heavy atom. The minimum atomic E-state index is -4.29. The van der Waals surface area contributed by atoms with Gasteiger partial charge in [-0.2, -0.15) is 4.31 Å². The molecular formula is C48H62N4O10S. The predicted octanol–water partition coefficient (Wildman–Crippen LogP) is 7.69. The van der Waals surface area contributed by atoms with Crippen LogP contribution in [0.25, 0.3) is 0 Å². The van der Waals surface area contributed by atoms with E-state index in [9.17, 15) is 19.8 Å². The van der Waals surface area contributed by atoms with E-state index in [-0.39, 0.29) is 67.9 Å². The molecule has 14 nitrogen and oxygen atoms in total. The Labute approximate surface area is 371 Å². The van der Waals surface area contributed by atoms with Crippen molar-refractivity contribution >= 4 is 33.4 Å². The highest BCUT2D eigenvalue weighted by atomic mass is 32.2. The average molecular weight is 887 g/mol. The average Bonchev–Trinajstić information content (AvgIpc) is 3.27. The van der Waals surface area contributed by atoms with Crippen LogP contribution < -0.4 is 20.1 Å². The largest absolute Gasteiger partial charge is 0.460 e. The molecule has 0 spiro atoms. The van der Waals surface area contributed by atoms with Crippen molar-refractivity contribution in [2.24, 2.45) is 22.9 Å². The van der Waals surface area contributed by atoms with Crippen molar-refractivity contribution < 1.29 is 47.3 Å². The summed E-state index contributed by atoms with van der Waals surface area (Å²) in [5.41, 5.74) is 3.51. The Hall–Kier alpha value is -5.06. The number of hydrogen-bond donors (Lipinski definition) is 4. The zero-order chi connectivity index (χ0) is 45.0. The number of carbonyl (C=O) groups excluding carboxylic acids is 2. The molecule has 1 heterocycles. The van der Waals surface area contributed by atoms with Crippen LogP contribution in [0.1, 0.15) is 89.2 Å². The maximum Gasteiger partial charge on any atom is 0.412 e. The zero-order valence-electron chi connectivity index (χ0n) is 36.5. The molecule has 6 unspecified atom stereocenters. The van der Waals surface area contributed by atoms with Crippen molar-refractivity contribution in [2.45, 2.75) is 101 Å². The molecule has 340 valence electrons. The zero-order valence-corrected chi connectivity index (χ0v) is 37.4.